The molecule has 21 heavy (non-hydrogen) atoms. The van der Waals surface area contributed by atoms with E-state index in [0.717, 1.165) is 12.8 Å². The van der Waals surface area contributed by atoms with Gasteiger partial charge in [-0.15, -0.1) is 12.4 Å². The van der Waals surface area contributed by atoms with Crippen molar-refractivity contribution in [2.45, 2.75) is 37.9 Å². The van der Waals surface area contributed by atoms with Crippen molar-refractivity contribution in [3.63, 3.8) is 0 Å². The van der Waals surface area contributed by atoms with E-state index in [2.05, 4.69) is 5.32 Å². The number of benzene rings is 1. The van der Waals surface area contributed by atoms with E-state index in [-0.39, 0.29) is 18.0 Å². The predicted octanol–water partition coefficient (Wildman–Crippen LogP) is 3.54. The van der Waals surface area contributed by atoms with Crippen molar-refractivity contribution in [1.29, 1.82) is 0 Å². The van der Waals surface area contributed by atoms with Crippen molar-refractivity contribution in [2.24, 2.45) is 5.92 Å². The van der Waals surface area contributed by atoms with Crippen LogP contribution in [-0.2, 0) is 0 Å². The van der Waals surface area contributed by atoms with Crippen molar-refractivity contribution < 1.29 is 18.0 Å². The second kappa shape index (κ2) is 7.02. The molecular weight excluding hydrogens is 305 g/mol. The van der Waals surface area contributed by atoms with E-state index >= 15 is 0 Å². The second-order valence-corrected chi connectivity index (χ2v) is 5.16. The summed E-state index contributed by atoms with van der Waals surface area (Å²) in [5, 5.41) is 2.12. The van der Waals surface area contributed by atoms with E-state index in [1.807, 2.05) is 0 Å². The van der Waals surface area contributed by atoms with Crippen LogP contribution in [0, 0.1) is 5.92 Å². The molecule has 3 nitrogen and oxygen atoms in total. The molecule has 0 saturated heterocycles. The van der Waals surface area contributed by atoms with Crippen LogP contribution in [0.1, 0.15) is 36.0 Å². The molecule has 1 amide bonds. The number of nitrogens with one attached hydrogen (secondary N) is 1. The highest BCUT2D eigenvalue weighted by Crippen LogP contribution is 2.35. The van der Waals surface area contributed by atoms with Gasteiger partial charge in [0, 0.05) is 11.3 Å². The Morgan fingerprint density at radius 3 is 2.43 bits per heavy atom. The summed E-state index contributed by atoms with van der Waals surface area (Å²) in [4.78, 5) is 11.9. The van der Waals surface area contributed by atoms with Crippen LogP contribution in [0.2, 0.25) is 0 Å². The molecule has 0 bridgehead atoms. The van der Waals surface area contributed by atoms with Gasteiger partial charge in [0.2, 0.25) is 0 Å². The molecule has 1 saturated carbocycles. The molecule has 1 atom stereocenters. The van der Waals surface area contributed by atoms with Gasteiger partial charge in [-0.05, 0) is 37.0 Å². The molecule has 0 spiro atoms. The Kier molecular flexibility index (Phi) is 5.89. The van der Waals surface area contributed by atoms with Crippen molar-refractivity contribution in [2.75, 3.05) is 5.73 Å². The highest BCUT2D eigenvalue weighted by atomic mass is 35.5. The van der Waals surface area contributed by atoms with Crippen LogP contribution in [0.15, 0.2) is 24.3 Å². The van der Waals surface area contributed by atoms with Crippen molar-refractivity contribution in [3.05, 3.63) is 29.8 Å². The zero-order valence-corrected chi connectivity index (χ0v) is 12.1. The van der Waals surface area contributed by atoms with E-state index in [1.165, 1.54) is 12.1 Å². The minimum absolute atomic E-state index is 0. The van der Waals surface area contributed by atoms with E-state index in [1.54, 1.807) is 12.1 Å². The van der Waals surface area contributed by atoms with Gasteiger partial charge in [0.25, 0.3) is 5.91 Å². The van der Waals surface area contributed by atoms with Gasteiger partial charge in [-0.25, -0.2) is 0 Å². The van der Waals surface area contributed by atoms with Crippen molar-refractivity contribution >= 4 is 24.0 Å². The number of carbonyl (C=O) groups is 1. The van der Waals surface area contributed by atoms with Gasteiger partial charge in [0.05, 0.1) is 0 Å². The number of rotatable bonds is 3. The first-order valence-electron chi connectivity index (χ1n) is 6.61. The number of amides is 1. The summed E-state index contributed by atoms with van der Waals surface area (Å²) in [6, 6.07) is 4.17. The third-order valence-corrected chi connectivity index (χ3v) is 3.66. The summed E-state index contributed by atoms with van der Waals surface area (Å²) in [5.41, 5.74) is 6.03. The lowest BCUT2D eigenvalue weighted by Crippen LogP contribution is -2.49. The Labute approximate surface area is 127 Å². The van der Waals surface area contributed by atoms with Crippen LogP contribution in [0.3, 0.4) is 0 Å². The number of halogens is 4. The highest BCUT2D eigenvalue weighted by molar-refractivity contribution is 5.95. The van der Waals surface area contributed by atoms with Crippen molar-refractivity contribution in [3.8, 4) is 0 Å². The average molecular weight is 323 g/mol. The first kappa shape index (κ1) is 17.6. The zero-order valence-electron chi connectivity index (χ0n) is 11.3. The second-order valence-electron chi connectivity index (χ2n) is 5.16. The molecule has 1 fully saturated rings. The molecule has 0 aliphatic heterocycles. The van der Waals surface area contributed by atoms with E-state index in [9.17, 15) is 18.0 Å². The number of hydrogen-bond acceptors (Lipinski definition) is 2. The monoisotopic (exact) mass is 322 g/mol. The van der Waals surface area contributed by atoms with Crippen LogP contribution in [0.5, 0.6) is 0 Å². The van der Waals surface area contributed by atoms with Gasteiger partial charge in [-0.3, -0.25) is 4.79 Å². The maximum absolute atomic E-state index is 13.1. The first-order chi connectivity index (χ1) is 9.38. The van der Waals surface area contributed by atoms with Crippen LogP contribution in [0.4, 0.5) is 18.9 Å². The SMILES string of the molecule is Cl.Nc1cccc(C(=O)NC(C2CCCC2)C(F)(F)F)c1. The maximum Gasteiger partial charge on any atom is 0.408 e. The van der Waals surface area contributed by atoms with Gasteiger partial charge in [-0.2, -0.15) is 13.2 Å². The van der Waals surface area contributed by atoms with Crippen LogP contribution < -0.4 is 11.1 Å². The molecule has 1 unspecified atom stereocenters. The molecule has 118 valence electrons. The van der Waals surface area contributed by atoms with E-state index in [4.69, 9.17) is 5.73 Å². The normalized spacial score (nSPS) is 17.1. The Hall–Kier alpha value is -1.43. The molecule has 1 aliphatic carbocycles. The molecule has 0 heterocycles. The van der Waals surface area contributed by atoms with E-state index in [0.29, 0.717) is 18.5 Å². The topological polar surface area (TPSA) is 55.1 Å². The summed E-state index contributed by atoms with van der Waals surface area (Å²) in [7, 11) is 0. The Balaban J connectivity index is 0.00000220. The smallest absolute Gasteiger partial charge is 0.399 e. The molecular formula is C14H18ClF3N2O. The largest absolute Gasteiger partial charge is 0.408 e. The lowest BCUT2D eigenvalue weighted by Gasteiger charge is -2.27. The first-order valence-corrected chi connectivity index (χ1v) is 6.61. The quantitative estimate of drug-likeness (QED) is 0.836. The summed E-state index contributed by atoms with van der Waals surface area (Å²) in [5.74, 6) is -1.26. The fourth-order valence-electron chi connectivity index (χ4n) is 2.66. The number of carbonyl (C=O) groups excluding carboxylic acids is 1. The molecule has 3 N–H and O–H groups in total. The molecule has 1 aromatic rings. The minimum Gasteiger partial charge on any atom is -0.399 e. The van der Waals surface area contributed by atoms with Gasteiger partial charge in [-0.1, -0.05) is 18.9 Å². The van der Waals surface area contributed by atoms with Gasteiger partial charge < -0.3 is 11.1 Å². The number of nitrogens with two attached hydrogens (primary N) is 1. The minimum atomic E-state index is -4.43. The van der Waals surface area contributed by atoms with Crippen LogP contribution in [0.25, 0.3) is 0 Å². The van der Waals surface area contributed by atoms with Gasteiger partial charge in [0.1, 0.15) is 6.04 Å². The molecule has 1 aromatic carbocycles. The number of nitrogen functional groups attached to an aromatic ring is 1. The fraction of sp³-hybridized carbons (Fsp3) is 0.500. The number of hydrogen-bond donors (Lipinski definition) is 2. The summed E-state index contributed by atoms with van der Waals surface area (Å²) in [6.45, 7) is 0. The predicted molar refractivity (Wildman–Crippen MR) is 77.4 cm³/mol. The Morgan fingerprint density at radius 2 is 1.90 bits per heavy atom. The number of alkyl halides is 3. The Bertz CT molecular complexity index is 487. The Morgan fingerprint density at radius 1 is 1.29 bits per heavy atom. The van der Waals surface area contributed by atoms with Crippen molar-refractivity contribution in [1.82, 2.24) is 5.32 Å². The fourth-order valence-corrected chi connectivity index (χ4v) is 2.66. The van der Waals surface area contributed by atoms with Crippen LogP contribution in [-0.4, -0.2) is 18.1 Å². The molecule has 2 rings (SSSR count). The zero-order chi connectivity index (χ0) is 14.8. The van der Waals surface area contributed by atoms with Gasteiger partial charge >= 0.3 is 6.18 Å². The summed E-state index contributed by atoms with van der Waals surface area (Å²) < 4.78 is 39.3. The molecule has 0 radical (unpaired) electrons. The third kappa shape index (κ3) is 4.52. The lowest BCUT2D eigenvalue weighted by molar-refractivity contribution is -0.164. The third-order valence-electron chi connectivity index (χ3n) is 3.66. The lowest BCUT2D eigenvalue weighted by atomic mass is 9.97. The number of anilines is 1. The van der Waals surface area contributed by atoms with Gasteiger partial charge in [0.15, 0.2) is 0 Å². The molecule has 1 aliphatic rings. The maximum atomic E-state index is 13.1. The van der Waals surface area contributed by atoms with E-state index < -0.39 is 24.0 Å². The standard InChI is InChI=1S/C14H17F3N2O.ClH/c15-14(16,17)12(9-4-1-2-5-9)19-13(20)10-6-3-7-11(18)8-10;/h3,6-9,12H,1-2,4-5,18H2,(H,19,20);1H. The van der Waals surface area contributed by atoms with Crippen LogP contribution >= 0.6 is 12.4 Å². The summed E-state index contributed by atoms with van der Waals surface area (Å²) in [6.07, 6.45) is -1.86. The highest BCUT2D eigenvalue weighted by Gasteiger charge is 2.46. The average Bonchev–Trinajstić information content (AvgIpc) is 2.87. The summed E-state index contributed by atoms with van der Waals surface area (Å²) >= 11 is 0. The molecule has 7 heteroatoms. The molecule has 0 aromatic heterocycles.